The zero-order valence-electron chi connectivity index (χ0n) is 9.91. The molecule has 0 amide bonds. The van der Waals surface area contributed by atoms with E-state index in [0.29, 0.717) is 0 Å². The molecule has 0 heterocycles. The summed E-state index contributed by atoms with van der Waals surface area (Å²) < 4.78 is 0. The predicted octanol–water partition coefficient (Wildman–Crippen LogP) is 3.91. The zero-order chi connectivity index (χ0) is 11.4. The lowest BCUT2D eigenvalue weighted by molar-refractivity contribution is 0.281. The van der Waals surface area contributed by atoms with Crippen molar-refractivity contribution in [2.75, 3.05) is 0 Å². The molecule has 1 saturated carbocycles. The van der Waals surface area contributed by atoms with Gasteiger partial charge in [0.05, 0.1) is 6.61 Å². The Balaban J connectivity index is 2.03. The molecular formula is C14H20OS. The molecule has 2 heteroatoms. The summed E-state index contributed by atoms with van der Waals surface area (Å²) in [5, 5.41) is 9.88. The van der Waals surface area contributed by atoms with Gasteiger partial charge in [-0.05, 0) is 37.0 Å². The second-order valence-corrected chi connectivity index (χ2v) is 5.98. The van der Waals surface area contributed by atoms with Crippen LogP contribution in [0, 0.1) is 6.92 Å². The van der Waals surface area contributed by atoms with Crippen molar-refractivity contribution in [1.29, 1.82) is 0 Å². The topological polar surface area (TPSA) is 20.2 Å². The summed E-state index contributed by atoms with van der Waals surface area (Å²) in [7, 11) is 0. The summed E-state index contributed by atoms with van der Waals surface area (Å²) in [6.07, 6.45) is 6.94. The minimum atomic E-state index is 0.148. The van der Waals surface area contributed by atoms with Gasteiger partial charge in [-0.25, -0.2) is 0 Å². The molecular weight excluding hydrogens is 216 g/mol. The lowest BCUT2D eigenvalue weighted by atomic mass is 10.0. The Kier molecular flexibility index (Phi) is 4.30. The molecule has 0 aromatic heterocycles. The van der Waals surface area contributed by atoms with Gasteiger partial charge in [-0.3, -0.25) is 0 Å². The van der Waals surface area contributed by atoms with Crippen LogP contribution in [0.15, 0.2) is 23.1 Å². The van der Waals surface area contributed by atoms with Crippen LogP contribution < -0.4 is 0 Å². The standard InChI is InChI=1S/C14H20OS/c1-11-9-12(10-15)7-8-14(11)16-13-5-3-2-4-6-13/h7-9,13,15H,2-6,10H2,1H3. The van der Waals surface area contributed by atoms with E-state index in [1.807, 2.05) is 17.8 Å². The van der Waals surface area contributed by atoms with E-state index in [9.17, 15) is 0 Å². The quantitative estimate of drug-likeness (QED) is 0.858. The Morgan fingerprint density at radius 3 is 2.62 bits per heavy atom. The predicted molar refractivity (Wildman–Crippen MR) is 69.8 cm³/mol. The molecule has 0 aliphatic heterocycles. The number of aliphatic hydroxyl groups is 1. The molecule has 0 unspecified atom stereocenters. The number of hydrogen-bond acceptors (Lipinski definition) is 2. The van der Waals surface area contributed by atoms with Gasteiger partial charge in [0, 0.05) is 10.1 Å². The van der Waals surface area contributed by atoms with Gasteiger partial charge in [0.25, 0.3) is 0 Å². The van der Waals surface area contributed by atoms with Crippen LogP contribution in [0.4, 0.5) is 0 Å². The maximum Gasteiger partial charge on any atom is 0.0681 e. The van der Waals surface area contributed by atoms with E-state index in [1.165, 1.54) is 42.6 Å². The first-order chi connectivity index (χ1) is 7.79. The Bertz CT molecular complexity index is 343. The third kappa shape index (κ3) is 3.02. The van der Waals surface area contributed by atoms with Crippen LogP contribution in [-0.4, -0.2) is 10.4 Å². The third-order valence-electron chi connectivity index (χ3n) is 3.27. The van der Waals surface area contributed by atoms with Crippen molar-refractivity contribution >= 4 is 11.8 Å². The smallest absolute Gasteiger partial charge is 0.0681 e. The monoisotopic (exact) mass is 236 g/mol. The molecule has 16 heavy (non-hydrogen) atoms. The highest BCUT2D eigenvalue weighted by atomic mass is 32.2. The van der Waals surface area contributed by atoms with Gasteiger partial charge in [0.2, 0.25) is 0 Å². The second kappa shape index (κ2) is 5.74. The van der Waals surface area contributed by atoms with E-state index in [0.717, 1.165) is 10.8 Å². The largest absolute Gasteiger partial charge is 0.392 e. The third-order valence-corrected chi connectivity index (χ3v) is 4.78. The molecule has 0 radical (unpaired) electrons. The number of benzene rings is 1. The van der Waals surface area contributed by atoms with Gasteiger partial charge in [-0.1, -0.05) is 31.4 Å². The Labute approximate surface area is 102 Å². The van der Waals surface area contributed by atoms with E-state index >= 15 is 0 Å². The number of aryl methyl sites for hydroxylation is 1. The Hall–Kier alpha value is -0.470. The molecule has 1 nitrogen and oxygen atoms in total. The Morgan fingerprint density at radius 1 is 1.25 bits per heavy atom. The summed E-state index contributed by atoms with van der Waals surface area (Å²) in [6.45, 7) is 2.29. The van der Waals surface area contributed by atoms with Crippen molar-refractivity contribution < 1.29 is 5.11 Å². The van der Waals surface area contributed by atoms with Crippen molar-refractivity contribution in [1.82, 2.24) is 0 Å². The first-order valence-corrected chi connectivity index (χ1v) is 7.04. The van der Waals surface area contributed by atoms with Crippen molar-refractivity contribution in [3.63, 3.8) is 0 Å². The SMILES string of the molecule is Cc1cc(CO)ccc1SC1CCCCC1. The van der Waals surface area contributed by atoms with Gasteiger partial charge in [0.1, 0.15) is 0 Å². The first kappa shape index (κ1) is 12.0. The van der Waals surface area contributed by atoms with Gasteiger partial charge < -0.3 is 5.11 Å². The number of aliphatic hydroxyl groups excluding tert-OH is 1. The average Bonchev–Trinajstić information content (AvgIpc) is 2.33. The summed E-state index contributed by atoms with van der Waals surface area (Å²) in [5.41, 5.74) is 2.33. The van der Waals surface area contributed by atoms with E-state index < -0.39 is 0 Å². The van der Waals surface area contributed by atoms with Crippen LogP contribution in [0.25, 0.3) is 0 Å². The van der Waals surface area contributed by atoms with Gasteiger partial charge >= 0.3 is 0 Å². The lowest BCUT2D eigenvalue weighted by Gasteiger charge is -2.21. The van der Waals surface area contributed by atoms with E-state index in [1.54, 1.807) is 0 Å². The molecule has 1 aliphatic rings. The van der Waals surface area contributed by atoms with Crippen molar-refractivity contribution in [3.8, 4) is 0 Å². The maximum atomic E-state index is 9.07. The minimum Gasteiger partial charge on any atom is -0.392 e. The summed E-state index contributed by atoms with van der Waals surface area (Å²) >= 11 is 2.03. The molecule has 0 bridgehead atoms. The number of rotatable bonds is 3. The normalized spacial score (nSPS) is 17.6. The van der Waals surface area contributed by atoms with Gasteiger partial charge in [0.15, 0.2) is 0 Å². The summed E-state index contributed by atoms with van der Waals surface area (Å²) in [4.78, 5) is 1.39. The molecule has 1 aliphatic carbocycles. The molecule has 0 spiro atoms. The van der Waals surface area contributed by atoms with Crippen LogP contribution in [0.3, 0.4) is 0 Å². The van der Waals surface area contributed by atoms with E-state index in [4.69, 9.17) is 5.11 Å². The maximum absolute atomic E-state index is 9.07. The first-order valence-electron chi connectivity index (χ1n) is 6.16. The van der Waals surface area contributed by atoms with Crippen LogP contribution in [0.5, 0.6) is 0 Å². The van der Waals surface area contributed by atoms with Crippen molar-refractivity contribution in [2.24, 2.45) is 0 Å². The molecule has 1 N–H and O–H groups in total. The molecule has 1 fully saturated rings. The summed E-state index contributed by atoms with van der Waals surface area (Å²) in [5.74, 6) is 0. The van der Waals surface area contributed by atoms with Crippen molar-refractivity contribution in [2.45, 2.75) is 55.8 Å². The number of hydrogen-bond donors (Lipinski definition) is 1. The molecule has 2 rings (SSSR count). The molecule has 0 atom stereocenters. The fraction of sp³-hybridized carbons (Fsp3) is 0.571. The van der Waals surface area contributed by atoms with Crippen LogP contribution in [0.2, 0.25) is 0 Å². The highest BCUT2D eigenvalue weighted by Crippen LogP contribution is 2.35. The van der Waals surface area contributed by atoms with Crippen LogP contribution >= 0.6 is 11.8 Å². The average molecular weight is 236 g/mol. The Morgan fingerprint density at radius 2 is 2.00 bits per heavy atom. The van der Waals surface area contributed by atoms with Crippen LogP contribution in [0.1, 0.15) is 43.2 Å². The second-order valence-electron chi connectivity index (χ2n) is 4.64. The molecule has 1 aromatic rings. The highest BCUT2D eigenvalue weighted by molar-refractivity contribution is 8.00. The zero-order valence-corrected chi connectivity index (χ0v) is 10.7. The highest BCUT2D eigenvalue weighted by Gasteiger charge is 2.15. The lowest BCUT2D eigenvalue weighted by Crippen LogP contribution is -2.07. The molecule has 0 saturated heterocycles. The van der Waals surface area contributed by atoms with E-state index in [-0.39, 0.29) is 6.61 Å². The summed E-state index contributed by atoms with van der Waals surface area (Å²) in [6, 6.07) is 6.31. The van der Waals surface area contributed by atoms with Crippen LogP contribution in [-0.2, 0) is 6.61 Å². The fourth-order valence-corrected chi connectivity index (χ4v) is 3.62. The van der Waals surface area contributed by atoms with Gasteiger partial charge in [-0.15, -0.1) is 11.8 Å². The van der Waals surface area contributed by atoms with Gasteiger partial charge in [-0.2, -0.15) is 0 Å². The molecule has 1 aromatic carbocycles. The molecule has 88 valence electrons. The number of thioether (sulfide) groups is 1. The minimum absolute atomic E-state index is 0.148. The van der Waals surface area contributed by atoms with Crippen molar-refractivity contribution in [3.05, 3.63) is 29.3 Å². The fourth-order valence-electron chi connectivity index (χ4n) is 2.30. The van der Waals surface area contributed by atoms with E-state index in [2.05, 4.69) is 19.1 Å².